The van der Waals surface area contributed by atoms with Gasteiger partial charge in [-0.05, 0) is 25.7 Å². The second-order valence-corrected chi connectivity index (χ2v) is 1.86. The quantitative estimate of drug-likeness (QED) is 0.424. The average molecular weight is 82.1 g/mol. The maximum absolute atomic E-state index is 2.28. The van der Waals surface area contributed by atoms with E-state index in [1.54, 1.807) is 0 Å². The topological polar surface area (TPSA) is 0 Å². The molecule has 0 spiro atoms. The molecule has 0 unspecified atom stereocenters. The molecule has 0 aromatic heterocycles. The Hall–Kier alpha value is -0.260. The van der Waals surface area contributed by atoms with E-state index >= 15 is 0 Å². The smallest absolute Gasteiger partial charge is 0.0233 e. The zero-order chi connectivity index (χ0) is 4.41. The lowest BCUT2D eigenvalue weighted by molar-refractivity contribution is 1.12. The van der Waals surface area contributed by atoms with Crippen LogP contribution in [-0.4, -0.2) is 0 Å². The highest BCUT2D eigenvalue weighted by Crippen LogP contribution is 2.29. The summed E-state index contributed by atoms with van der Waals surface area (Å²) < 4.78 is 0. The summed E-state index contributed by atoms with van der Waals surface area (Å²) in [5.74, 6) is 0.968. The van der Waals surface area contributed by atoms with E-state index in [0.29, 0.717) is 0 Å². The molecule has 0 heteroatoms. The standard InChI is InChI=1S/C6H10/c1-2-3-6-4-5-6/h2-3,6H,4-5H2,1H3/b3-2+. The van der Waals surface area contributed by atoms with Gasteiger partial charge in [-0.15, -0.1) is 0 Å². The van der Waals surface area contributed by atoms with Crippen molar-refractivity contribution in [3.05, 3.63) is 12.2 Å². The Bertz CT molecular complexity index is 58.4. The minimum absolute atomic E-state index is 0.968. The van der Waals surface area contributed by atoms with E-state index in [1.165, 1.54) is 12.8 Å². The molecule has 0 saturated heterocycles. The van der Waals surface area contributed by atoms with Crippen molar-refractivity contribution in [1.29, 1.82) is 0 Å². The fourth-order valence-electron chi connectivity index (χ4n) is 0.561. The minimum atomic E-state index is 0.968. The van der Waals surface area contributed by atoms with Gasteiger partial charge in [0.1, 0.15) is 0 Å². The molecular weight excluding hydrogens is 72.1 g/mol. The first-order valence-electron chi connectivity index (χ1n) is 2.56. The molecule has 0 aromatic carbocycles. The molecule has 0 amide bonds. The van der Waals surface area contributed by atoms with Crippen molar-refractivity contribution >= 4 is 0 Å². The zero-order valence-corrected chi connectivity index (χ0v) is 4.15. The summed E-state index contributed by atoms with van der Waals surface area (Å²) in [6.45, 7) is 2.08. The molecule has 1 aliphatic rings. The maximum Gasteiger partial charge on any atom is -0.0233 e. The predicted molar refractivity (Wildman–Crippen MR) is 27.5 cm³/mol. The van der Waals surface area contributed by atoms with Crippen LogP contribution in [0.1, 0.15) is 19.8 Å². The molecule has 1 rings (SSSR count). The third-order valence-corrected chi connectivity index (χ3v) is 1.09. The monoisotopic (exact) mass is 82.1 g/mol. The van der Waals surface area contributed by atoms with Gasteiger partial charge < -0.3 is 0 Å². The van der Waals surface area contributed by atoms with Gasteiger partial charge in [0.25, 0.3) is 0 Å². The molecule has 0 aromatic rings. The van der Waals surface area contributed by atoms with E-state index in [4.69, 9.17) is 0 Å². The van der Waals surface area contributed by atoms with Crippen LogP contribution in [0.25, 0.3) is 0 Å². The number of hydrogen-bond donors (Lipinski definition) is 0. The molecule has 0 atom stereocenters. The SMILES string of the molecule is C/C=C/C1CC1. The summed E-state index contributed by atoms with van der Waals surface area (Å²) in [5.41, 5.74) is 0. The first-order chi connectivity index (χ1) is 2.93. The zero-order valence-electron chi connectivity index (χ0n) is 4.15. The van der Waals surface area contributed by atoms with Crippen molar-refractivity contribution in [3.8, 4) is 0 Å². The Kier molecular flexibility index (Phi) is 0.952. The first-order valence-corrected chi connectivity index (χ1v) is 2.56. The van der Waals surface area contributed by atoms with E-state index in [0.717, 1.165) is 5.92 Å². The van der Waals surface area contributed by atoms with E-state index in [2.05, 4.69) is 19.1 Å². The fraction of sp³-hybridized carbons (Fsp3) is 0.667. The summed E-state index contributed by atoms with van der Waals surface area (Å²) in [5, 5.41) is 0. The summed E-state index contributed by atoms with van der Waals surface area (Å²) in [4.78, 5) is 0. The number of rotatable bonds is 1. The minimum Gasteiger partial charge on any atom is -0.0914 e. The van der Waals surface area contributed by atoms with Gasteiger partial charge >= 0.3 is 0 Å². The van der Waals surface area contributed by atoms with Gasteiger partial charge in [-0.3, -0.25) is 0 Å². The van der Waals surface area contributed by atoms with Gasteiger partial charge in [0.15, 0.2) is 0 Å². The summed E-state index contributed by atoms with van der Waals surface area (Å²) in [6, 6.07) is 0. The summed E-state index contributed by atoms with van der Waals surface area (Å²) >= 11 is 0. The van der Waals surface area contributed by atoms with Crippen molar-refractivity contribution in [3.63, 3.8) is 0 Å². The number of allylic oxidation sites excluding steroid dienone is 2. The normalized spacial score (nSPS) is 22.8. The van der Waals surface area contributed by atoms with Crippen LogP contribution in [0.15, 0.2) is 12.2 Å². The van der Waals surface area contributed by atoms with Gasteiger partial charge in [0, 0.05) is 0 Å². The molecule has 0 heterocycles. The van der Waals surface area contributed by atoms with Crippen molar-refractivity contribution in [2.75, 3.05) is 0 Å². The van der Waals surface area contributed by atoms with Crippen molar-refractivity contribution in [2.24, 2.45) is 5.92 Å². The number of hydrogen-bond acceptors (Lipinski definition) is 0. The molecule has 0 nitrogen and oxygen atoms in total. The lowest BCUT2D eigenvalue weighted by Gasteiger charge is -1.69. The van der Waals surface area contributed by atoms with Crippen molar-refractivity contribution < 1.29 is 0 Å². The second kappa shape index (κ2) is 1.46. The highest BCUT2D eigenvalue weighted by molar-refractivity contribution is 4.93. The summed E-state index contributed by atoms with van der Waals surface area (Å²) in [7, 11) is 0. The summed E-state index contributed by atoms with van der Waals surface area (Å²) in [6.07, 6.45) is 7.28. The predicted octanol–water partition coefficient (Wildman–Crippen LogP) is 1.97. The highest BCUT2D eigenvalue weighted by atomic mass is 14.2. The Balaban J connectivity index is 2.15. The van der Waals surface area contributed by atoms with Gasteiger partial charge in [0.05, 0.1) is 0 Å². The van der Waals surface area contributed by atoms with E-state index < -0.39 is 0 Å². The van der Waals surface area contributed by atoms with Crippen LogP contribution in [0.3, 0.4) is 0 Å². The van der Waals surface area contributed by atoms with Crippen LogP contribution in [0.4, 0.5) is 0 Å². The van der Waals surface area contributed by atoms with Crippen LogP contribution in [-0.2, 0) is 0 Å². The molecule has 1 fully saturated rings. The van der Waals surface area contributed by atoms with E-state index in [1.807, 2.05) is 0 Å². The Morgan fingerprint density at radius 2 is 2.17 bits per heavy atom. The molecule has 1 saturated carbocycles. The largest absolute Gasteiger partial charge is 0.0914 e. The fourth-order valence-corrected chi connectivity index (χ4v) is 0.561. The Morgan fingerprint density at radius 1 is 1.50 bits per heavy atom. The highest BCUT2D eigenvalue weighted by Gasteiger charge is 2.15. The molecule has 6 heavy (non-hydrogen) atoms. The molecule has 34 valence electrons. The first kappa shape index (κ1) is 3.91. The van der Waals surface area contributed by atoms with Gasteiger partial charge in [0.2, 0.25) is 0 Å². The maximum atomic E-state index is 2.28. The molecular formula is C6H10. The lowest BCUT2D eigenvalue weighted by Crippen LogP contribution is -1.54. The molecule has 1 aliphatic carbocycles. The van der Waals surface area contributed by atoms with Crippen LogP contribution in [0, 0.1) is 5.92 Å². The van der Waals surface area contributed by atoms with Crippen molar-refractivity contribution in [2.45, 2.75) is 19.8 Å². The van der Waals surface area contributed by atoms with Crippen LogP contribution < -0.4 is 0 Å². The Labute approximate surface area is 38.9 Å². The Morgan fingerprint density at radius 3 is 2.33 bits per heavy atom. The lowest BCUT2D eigenvalue weighted by atomic mass is 10.4. The van der Waals surface area contributed by atoms with Gasteiger partial charge in [-0.25, -0.2) is 0 Å². The van der Waals surface area contributed by atoms with Gasteiger partial charge in [-0.2, -0.15) is 0 Å². The van der Waals surface area contributed by atoms with Crippen LogP contribution in [0.5, 0.6) is 0 Å². The third-order valence-electron chi connectivity index (χ3n) is 1.09. The molecule has 0 bridgehead atoms. The third kappa shape index (κ3) is 0.852. The van der Waals surface area contributed by atoms with Crippen LogP contribution >= 0.6 is 0 Å². The molecule has 0 aliphatic heterocycles. The van der Waals surface area contributed by atoms with Crippen molar-refractivity contribution in [1.82, 2.24) is 0 Å². The average Bonchev–Trinajstić information content (AvgIpc) is 2.21. The van der Waals surface area contributed by atoms with Crippen LogP contribution in [0.2, 0.25) is 0 Å². The molecule has 0 N–H and O–H groups in total. The second-order valence-electron chi connectivity index (χ2n) is 1.86. The van der Waals surface area contributed by atoms with Gasteiger partial charge in [-0.1, -0.05) is 12.2 Å². The van der Waals surface area contributed by atoms with E-state index in [-0.39, 0.29) is 0 Å². The van der Waals surface area contributed by atoms with E-state index in [9.17, 15) is 0 Å². The molecule has 0 radical (unpaired) electrons.